The van der Waals surface area contributed by atoms with Gasteiger partial charge in [-0.1, -0.05) is 65.5 Å². The molecule has 0 atom stereocenters. The SMILES string of the molecule is CCC(CC)COc1cccc(N)c1C#N.CCOC(=O)c1c(C)nc2cccc(OCC(CC)CC)c2c1N. The first-order chi connectivity index (χ1) is 19.3. The number of nitrogen functional groups attached to an aromatic ring is 2. The molecule has 1 heterocycles. The van der Waals surface area contributed by atoms with E-state index in [-0.39, 0.29) is 0 Å². The number of rotatable bonds is 12. The number of nitrogens with zero attached hydrogens (tertiary/aromatic N) is 2. The number of benzene rings is 2. The molecule has 0 fully saturated rings. The summed E-state index contributed by atoms with van der Waals surface area (Å²) < 4.78 is 16.8. The molecule has 8 heteroatoms. The van der Waals surface area contributed by atoms with Gasteiger partial charge in [0, 0.05) is 0 Å². The summed E-state index contributed by atoms with van der Waals surface area (Å²) >= 11 is 0. The van der Waals surface area contributed by atoms with E-state index < -0.39 is 5.97 Å². The number of hydrogen-bond acceptors (Lipinski definition) is 8. The van der Waals surface area contributed by atoms with Crippen LogP contribution in [0.15, 0.2) is 36.4 Å². The molecular formula is C32H44N4O4. The molecule has 216 valence electrons. The lowest BCUT2D eigenvalue weighted by Gasteiger charge is -2.17. The number of esters is 1. The first-order valence-corrected chi connectivity index (χ1v) is 14.2. The number of fused-ring (bicyclic) bond motifs is 1. The van der Waals surface area contributed by atoms with E-state index in [2.05, 4.69) is 38.7 Å². The molecule has 2 aromatic carbocycles. The molecule has 0 aliphatic rings. The Morgan fingerprint density at radius 2 is 1.45 bits per heavy atom. The van der Waals surface area contributed by atoms with Crippen molar-refractivity contribution < 1.29 is 19.0 Å². The van der Waals surface area contributed by atoms with Gasteiger partial charge in [-0.25, -0.2) is 4.79 Å². The Bertz CT molecular complexity index is 1290. The molecule has 0 aliphatic heterocycles. The first-order valence-electron chi connectivity index (χ1n) is 14.2. The van der Waals surface area contributed by atoms with Gasteiger partial charge in [0.1, 0.15) is 28.7 Å². The van der Waals surface area contributed by atoms with E-state index in [1.165, 1.54) is 0 Å². The van der Waals surface area contributed by atoms with Gasteiger partial charge < -0.3 is 25.7 Å². The van der Waals surface area contributed by atoms with E-state index in [1.54, 1.807) is 32.0 Å². The number of aromatic nitrogens is 1. The van der Waals surface area contributed by atoms with Crippen LogP contribution in [-0.4, -0.2) is 30.8 Å². The van der Waals surface area contributed by atoms with Crippen LogP contribution in [0.4, 0.5) is 11.4 Å². The number of nitrogens with two attached hydrogens (primary N) is 2. The number of carbonyl (C=O) groups excluding carboxylic acids is 1. The molecular weight excluding hydrogens is 504 g/mol. The van der Waals surface area contributed by atoms with Crippen LogP contribution in [0.25, 0.3) is 10.9 Å². The summed E-state index contributed by atoms with van der Waals surface area (Å²) in [4.78, 5) is 16.7. The van der Waals surface area contributed by atoms with Crippen molar-refractivity contribution in [1.29, 1.82) is 5.26 Å². The molecule has 1 aromatic heterocycles. The lowest BCUT2D eigenvalue weighted by atomic mass is 10.0. The Kier molecular flexibility index (Phi) is 13.0. The number of anilines is 2. The summed E-state index contributed by atoms with van der Waals surface area (Å²) in [6.07, 6.45) is 4.28. The third-order valence-electron chi connectivity index (χ3n) is 7.10. The van der Waals surface area contributed by atoms with Gasteiger partial charge in [-0.15, -0.1) is 0 Å². The summed E-state index contributed by atoms with van der Waals surface area (Å²) in [5.41, 5.74) is 14.9. The Labute approximate surface area is 238 Å². The third-order valence-corrected chi connectivity index (χ3v) is 7.10. The van der Waals surface area contributed by atoms with Crippen molar-refractivity contribution in [3.8, 4) is 17.6 Å². The van der Waals surface area contributed by atoms with E-state index in [0.29, 0.717) is 76.7 Å². The van der Waals surface area contributed by atoms with Crippen LogP contribution < -0.4 is 20.9 Å². The Balaban J connectivity index is 0.000000305. The highest BCUT2D eigenvalue weighted by Gasteiger charge is 2.21. The fourth-order valence-electron chi connectivity index (χ4n) is 4.27. The molecule has 0 unspecified atom stereocenters. The Morgan fingerprint density at radius 3 is 2.00 bits per heavy atom. The summed E-state index contributed by atoms with van der Waals surface area (Å²) in [5.74, 6) is 1.83. The number of hydrogen-bond donors (Lipinski definition) is 2. The predicted octanol–water partition coefficient (Wildman–Crippen LogP) is 7.07. The second-order valence-electron chi connectivity index (χ2n) is 9.68. The number of aryl methyl sites for hydroxylation is 1. The van der Waals surface area contributed by atoms with Crippen LogP contribution in [0.5, 0.6) is 11.5 Å². The topological polar surface area (TPSA) is 133 Å². The van der Waals surface area contributed by atoms with Crippen LogP contribution in [0.2, 0.25) is 0 Å². The van der Waals surface area contributed by atoms with Gasteiger partial charge in [-0.05, 0) is 49.9 Å². The van der Waals surface area contributed by atoms with Gasteiger partial charge in [0.25, 0.3) is 0 Å². The zero-order valence-electron chi connectivity index (χ0n) is 24.8. The second kappa shape index (κ2) is 16.2. The molecule has 0 aliphatic carbocycles. The average Bonchev–Trinajstić information content (AvgIpc) is 2.94. The zero-order chi connectivity index (χ0) is 29.7. The fraction of sp³-hybridized carbons (Fsp3) is 0.469. The van der Waals surface area contributed by atoms with E-state index in [4.69, 9.17) is 30.9 Å². The number of nitriles is 1. The van der Waals surface area contributed by atoms with E-state index in [1.807, 2.05) is 18.2 Å². The lowest BCUT2D eigenvalue weighted by Crippen LogP contribution is -2.13. The second-order valence-corrected chi connectivity index (χ2v) is 9.68. The molecule has 0 radical (unpaired) electrons. The minimum atomic E-state index is -0.448. The van der Waals surface area contributed by atoms with E-state index in [9.17, 15) is 4.79 Å². The minimum absolute atomic E-state index is 0.294. The number of ether oxygens (including phenoxy) is 3. The average molecular weight is 549 g/mol. The molecule has 3 rings (SSSR count). The maximum absolute atomic E-state index is 12.2. The molecule has 0 spiro atoms. The molecule has 0 bridgehead atoms. The van der Waals surface area contributed by atoms with Crippen LogP contribution in [-0.2, 0) is 4.74 Å². The highest BCUT2D eigenvalue weighted by molar-refractivity contribution is 6.07. The lowest BCUT2D eigenvalue weighted by molar-refractivity contribution is 0.0526. The maximum Gasteiger partial charge on any atom is 0.342 e. The molecule has 8 nitrogen and oxygen atoms in total. The zero-order valence-corrected chi connectivity index (χ0v) is 24.8. The smallest absolute Gasteiger partial charge is 0.342 e. The summed E-state index contributed by atoms with van der Waals surface area (Å²) in [5, 5.41) is 9.65. The van der Waals surface area contributed by atoms with Crippen molar-refractivity contribution in [1.82, 2.24) is 4.98 Å². The van der Waals surface area contributed by atoms with Crippen LogP contribution >= 0.6 is 0 Å². The monoisotopic (exact) mass is 548 g/mol. The van der Waals surface area contributed by atoms with Gasteiger partial charge in [0.2, 0.25) is 0 Å². The largest absolute Gasteiger partial charge is 0.493 e. The van der Waals surface area contributed by atoms with E-state index in [0.717, 1.165) is 31.2 Å². The van der Waals surface area contributed by atoms with Crippen molar-refractivity contribution in [3.05, 3.63) is 53.2 Å². The first kappa shape index (κ1) is 32.2. The van der Waals surface area contributed by atoms with Gasteiger partial charge in [-0.3, -0.25) is 4.98 Å². The highest BCUT2D eigenvalue weighted by atomic mass is 16.5. The number of carbonyl (C=O) groups is 1. The van der Waals surface area contributed by atoms with Crippen LogP contribution in [0.3, 0.4) is 0 Å². The van der Waals surface area contributed by atoms with Crippen molar-refractivity contribution >= 4 is 28.2 Å². The van der Waals surface area contributed by atoms with E-state index >= 15 is 0 Å². The van der Waals surface area contributed by atoms with Crippen molar-refractivity contribution in [3.63, 3.8) is 0 Å². The molecule has 3 aromatic rings. The molecule has 0 saturated heterocycles. The Morgan fingerprint density at radius 1 is 0.900 bits per heavy atom. The standard InChI is InChI=1S/C19H26N2O3.C13H18N2O/c1-5-13(6-2)11-24-15-10-8-9-14-17(15)18(20)16(12(4)21-14)19(22)23-7-3;1-3-10(4-2)9-16-13-7-5-6-12(15)11(13)8-14/h8-10,13H,5-7,11H2,1-4H3,(H2,20,21);5-7,10H,3-4,9,15H2,1-2H3. The maximum atomic E-state index is 12.2. The molecule has 0 amide bonds. The molecule has 40 heavy (non-hydrogen) atoms. The number of pyridine rings is 1. The van der Waals surface area contributed by atoms with Gasteiger partial charge in [0.15, 0.2) is 0 Å². The van der Waals surface area contributed by atoms with Crippen molar-refractivity contribution in [2.75, 3.05) is 31.3 Å². The summed E-state index contributed by atoms with van der Waals surface area (Å²) in [6, 6.07) is 13.0. The van der Waals surface area contributed by atoms with Gasteiger partial charge in [0.05, 0.1) is 47.8 Å². The van der Waals surface area contributed by atoms with Gasteiger partial charge in [-0.2, -0.15) is 5.26 Å². The Hall–Kier alpha value is -3.99. The predicted molar refractivity (Wildman–Crippen MR) is 162 cm³/mol. The van der Waals surface area contributed by atoms with Crippen molar-refractivity contribution in [2.45, 2.75) is 67.2 Å². The third kappa shape index (κ3) is 8.25. The molecule has 4 N–H and O–H groups in total. The van der Waals surface area contributed by atoms with Crippen LogP contribution in [0.1, 0.15) is 81.9 Å². The van der Waals surface area contributed by atoms with Gasteiger partial charge >= 0.3 is 5.97 Å². The normalized spacial score (nSPS) is 10.7. The van der Waals surface area contributed by atoms with Crippen molar-refractivity contribution in [2.24, 2.45) is 11.8 Å². The van der Waals surface area contributed by atoms with Crippen LogP contribution in [0, 0.1) is 30.1 Å². The fourth-order valence-corrected chi connectivity index (χ4v) is 4.27. The summed E-state index contributed by atoms with van der Waals surface area (Å²) in [6.45, 7) is 13.7. The molecule has 0 saturated carbocycles. The minimum Gasteiger partial charge on any atom is -0.493 e. The highest BCUT2D eigenvalue weighted by Crippen LogP contribution is 2.34. The summed E-state index contributed by atoms with van der Waals surface area (Å²) in [7, 11) is 0. The quantitative estimate of drug-likeness (QED) is 0.181.